The van der Waals surface area contributed by atoms with Crippen molar-refractivity contribution >= 4 is 46.3 Å². The van der Waals surface area contributed by atoms with Gasteiger partial charge in [0.15, 0.2) is 11.5 Å². The van der Waals surface area contributed by atoms with Crippen LogP contribution in [-0.4, -0.2) is 34.9 Å². The van der Waals surface area contributed by atoms with E-state index in [1.807, 2.05) is 0 Å². The van der Waals surface area contributed by atoms with Crippen molar-refractivity contribution in [2.45, 2.75) is 6.54 Å². The molecule has 1 saturated heterocycles. The highest BCUT2D eigenvalue weighted by molar-refractivity contribution is 8.18. The van der Waals surface area contributed by atoms with Gasteiger partial charge in [-0.15, -0.1) is 0 Å². The number of rotatable bonds is 6. The summed E-state index contributed by atoms with van der Waals surface area (Å²) in [6.45, 7) is 0.0309. The fraction of sp³-hybridized carbons (Fsp3) is 0.130. The number of nitrogens with zero attached hydrogens (tertiary/aromatic N) is 2. The molecule has 0 spiro atoms. The van der Waals surface area contributed by atoms with Gasteiger partial charge in [0, 0.05) is 17.2 Å². The Kier molecular flexibility index (Phi) is 5.87. The number of ether oxygens (including phenoxy) is 3. The molecule has 1 fully saturated rings. The standard InChI is InChI=1S/C23H15ClN2O8S/c1-31-13-2-4-15(17(7-13)26(29)30)18-5-3-14(34-18)8-21-22(27)25(23(28)35-21)10-12-6-19-20(9-16(12)24)33-11-32-19/h2-9H,10-11H2,1H3/b21-8+. The molecular formula is C23H15ClN2O8S. The second-order valence-electron chi connectivity index (χ2n) is 7.41. The Morgan fingerprint density at radius 2 is 1.94 bits per heavy atom. The summed E-state index contributed by atoms with van der Waals surface area (Å²) >= 11 is 7.05. The molecule has 2 aliphatic rings. The predicted molar refractivity (Wildman–Crippen MR) is 126 cm³/mol. The van der Waals surface area contributed by atoms with Crippen LogP contribution in [0.5, 0.6) is 17.2 Å². The Bertz CT molecular complexity index is 1420. The van der Waals surface area contributed by atoms with Crippen molar-refractivity contribution < 1.29 is 33.1 Å². The number of imide groups is 1. The lowest BCUT2D eigenvalue weighted by atomic mass is 10.1. The molecule has 10 nitrogen and oxygen atoms in total. The minimum atomic E-state index is -0.535. The fourth-order valence-electron chi connectivity index (χ4n) is 3.59. The molecule has 35 heavy (non-hydrogen) atoms. The van der Waals surface area contributed by atoms with Crippen LogP contribution in [-0.2, 0) is 11.3 Å². The van der Waals surface area contributed by atoms with E-state index in [0.717, 1.165) is 16.7 Å². The summed E-state index contributed by atoms with van der Waals surface area (Å²) in [4.78, 5) is 37.6. The number of nitro benzene ring substituents is 1. The zero-order chi connectivity index (χ0) is 24.7. The zero-order valence-electron chi connectivity index (χ0n) is 18.0. The molecule has 0 radical (unpaired) electrons. The number of amides is 2. The van der Waals surface area contributed by atoms with Gasteiger partial charge in [-0.1, -0.05) is 11.6 Å². The molecule has 0 atom stereocenters. The van der Waals surface area contributed by atoms with Gasteiger partial charge in [0.25, 0.3) is 16.8 Å². The van der Waals surface area contributed by atoms with Crippen molar-refractivity contribution in [2.75, 3.05) is 13.9 Å². The van der Waals surface area contributed by atoms with Crippen molar-refractivity contribution in [1.82, 2.24) is 4.90 Å². The van der Waals surface area contributed by atoms with E-state index in [2.05, 4.69) is 0 Å². The lowest BCUT2D eigenvalue weighted by Gasteiger charge is -2.14. The van der Waals surface area contributed by atoms with E-state index in [1.165, 1.54) is 25.3 Å². The van der Waals surface area contributed by atoms with Gasteiger partial charge in [-0.05, 0) is 47.7 Å². The van der Waals surface area contributed by atoms with Crippen molar-refractivity contribution in [3.8, 4) is 28.6 Å². The van der Waals surface area contributed by atoms with E-state index >= 15 is 0 Å². The summed E-state index contributed by atoms with van der Waals surface area (Å²) in [6, 6.07) is 10.7. The highest BCUT2D eigenvalue weighted by atomic mass is 35.5. The second kappa shape index (κ2) is 9.01. The maximum atomic E-state index is 12.9. The Morgan fingerprint density at radius 3 is 2.69 bits per heavy atom. The van der Waals surface area contributed by atoms with Crippen LogP contribution < -0.4 is 14.2 Å². The van der Waals surface area contributed by atoms with E-state index < -0.39 is 16.1 Å². The van der Waals surface area contributed by atoms with Crippen LogP contribution in [0.4, 0.5) is 10.5 Å². The average molecular weight is 515 g/mol. The second-order valence-corrected chi connectivity index (χ2v) is 8.81. The maximum absolute atomic E-state index is 12.9. The lowest BCUT2D eigenvalue weighted by molar-refractivity contribution is -0.384. The first-order valence-electron chi connectivity index (χ1n) is 10.1. The number of carbonyl (C=O) groups excluding carboxylic acids is 2. The quantitative estimate of drug-likeness (QED) is 0.239. The minimum Gasteiger partial charge on any atom is -0.497 e. The molecule has 2 aliphatic heterocycles. The molecule has 0 bridgehead atoms. The number of carbonyl (C=O) groups is 2. The Labute approximate surface area is 207 Å². The van der Waals surface area contributed by atoms with Crippen molar-refractivity contribution in [3.63, 3.8) is 0 Å². The highest BCUT2D eigenvalue weighted by Gasteiger charge is 2.36. The summed E-state index contributed by atoms with van der Waals surface area (Å²) in [5.74, 6) is 1.31. The smallest absolute Gasteiger partial charge is 0.293 e. The normalized spacial score (nSPS) is 15.8. The fourth-order valence-corrected chi connectivity index (χ4v) is 4.62. The van der Waals surface area contributed by atoms with Crippen LogP contribution in [0.3, 0.4) is 0 Å². The molecule has 0 N–H and O–H groups in total. The van der Waals surface area contributed by atoms with Gasteiger partial charge >= 0.3 is 0 Å². The van der Waals surface area contributed by atoms with Crippen LogP contribution in [0, 0.1) is 10.1 Å². The van der Waals surface area contributed by atoms with E-state index in [-0.39, 0.29) is 41.0 Å². The number of thioether (sulfide) groups is 1. The molecule has 0 aliphatic carbocycles. The van der Waals surface area contributed by atoms with Crippen molar-refractivity contribution in [2.24, 2.45) is 0 Å². The van der Waals surface area contributed by atoms with Gasteiger partial charge in [-0.3, -0.25) is 24.6 Å². The van der Waals surface area contributed by atoms with E-state index in [9.17, 15) is 19.7 Å². The van der Waals surface area contributed by atoms with Crippen LogP contribution in [0.1, 0.15) is 11.3 Å². The molecular weight excluding hydrogens is 500 g/mol. The average Bonchev–Trinajstić information content (AvgIpc) is 3.55. The molecule has 0 saturated carbocycles. The van der Waals surface area contributed by atoms with Gasteiger partial charge in [-0.2, -0.15) is 0 Å². The number of methoxy groups -OCH3 is 1. The zero-order valence-corrected chi connectivity index (χ0v) is 19.6. The number of halogens is 1. The predicted octanol–water partition coefficient (Wildman–Crippen LogP) is 5.48. The number of nitro groups is 1. The largest absolute Gasteiger partial charge is 0.497 e. The molecule has 3 aromatic rings. The first-order chi connectivity index (χ1) is 16.8. The monoisotopic (exact) mass is 514 g/mol. The van der Waals surface area contributed by atoms with Crippen LogP contribution in [0.25, 0.3) is 17.4 Å². The number of hydrogen-bond donors (Lipinski definition) is 0. The van der Waals surface area contributed by atoms with Gasteiger partial charge in [-0.25, -0.2) is 0 Å². The third kappa shape index (κ3) is 4.31. The van der Waals surface area contributed by atoms with Crippen LogP contribution in [0.2, 0.25) is 5.02 Å². The molecule has 0 unspecified atom stereocenters. The van der Waals surface area contributed by atoms with Crippen molar-refractivity contribution in [1.29, 1.82) is 0 Å². The first-order valence-corrected chi connectivity index (χ1v) is 11.3. The van der Waals surface area contributed by atoms with Crippen LogP contribution in [0.15, 0.2) is 51.8 Å². The molecule has 178 valence electrons. The third-order valence-corrected chi connectivity index (χ3v) is 6.57. The number of furan rings is 1. The van der Waals surface area contributed by atoms with Gasteiger partial charge in [0.05, 0.1) is 35.1 Å². The first kappa shape index (κ1) is 22.8. The van der Waals surface area contributed by atoms with Gasteiger partial charge < -0.3 is 18.6 Å². The minimum absolute atomic E-state index is 0.0427. The van der Waals surface area contributed by atoms with E-state index in [0.29, 0.717) is 27.8 Å². The Hall–Kier alpha value is -3.96. The van der Waals surface area contributed by atoms with Crippen molar-refractivity contribution in [3.05, 3.63) is 73.8 Å². The SMILES string of the molecule is COc1ccc(-c2ccc(/C=C3/SC(=O)N(Cc4cc5c(cc4Cl)OCO5)C3=O)o2)c([N+](=O)[O-])c1. The molecule has 3 heterocycles. The van der Waals surface area contributed by atoms with Crippen LogP contribution >= 0.6 is 23.4 Å². The van der Waals surface area contributed by atoms with E-state index in [1.54, 1.807) is 30.3 Å². The third-order valence-electron chi connectivity index (χ3n) is 5.31. The summed E-state index contributed by atoms with van der Waals surface area (Å²) in [6.07, 6.45) is 1.42. The summed E-state index contributed by atoms with van der Waals surface area (Å²) in [5.41, 5.74) is 0.596. The topological polar surface area (TPSA) is 121 Å². The maximum Gasteiger partial charge on any atom is 0.293 e. The molecule has 2 amide bonds. The highest BCUT2D eigenvalue weighted by Crippen LogP contribution is 2.40. The number of benzene rings is 2. The van der Waals surface area contributed by atoms with E-state index in [4.69, 9.17) is 30.2 Å². The molecule has 12 heteroatoms. The summed E-state index contributed by atoms with van der Waals surface area (Å²) in [7, 11) is 1.41. The summed E-state index contributed by atoms with van der Waals surface area (Å²) in [5, 5.41) is 11.4. The molecule has 2 aromatic carbocycles. The van der Waals surface area contributed by atoms with Gasteiger partial charge in [0.2, 0.25) is 6.79 Å². The number of fused-ring (bicyclic) bond motifs is 1. The summed E-state index contributed by atoms with van der Waals surface area (Å²) < 4.78 is 21.4. The molecule has 5 rings (SSSR count). The number of hydrogen-bond acceptors (Lipinski definition) is 9. The lowest BCUT2D eigenvalue weighted by Crippen LogP contribution is -2.27. The van der Waals surface area contributed by atoms with Gasteiger partial charge in [0.1, 0.15) is 17.3 Å². The Balaban J connectivity index is 1.38. The molecule has 1 aromatic heterocycles. The Morgan fingerprint density at radius 1 is 1.17 bits per heavy atom.